The molecule has 1 unspecified atom stereocenters. The number of aromatic nitrogens is 1. The van der Waals surface area contributed by atoms with Crippen molar-refractivity contribution in [3.8, 4) is 0 Å². The summed E-state index contributed by atoms with van der Waals surface area (Å²) in [5, 5.41) is 4.47. The number of fused-ring (bicyclic) bond motifs is 1. The van der Waals surface area contributed by atoms with Gasteiger partial charge < -0.3 is 9.73 Å². The molecule has 0 saturated carbocycles. The Kier molecular flexibility index (Phi) is 3.59. The minimum Gasteiger partial charge on any atom is -0.466 e. The molecule has 3 aromatic rings. The smallest absolute Gasteiger partial charge is 0.139 e. The van der Waals surface area contributed by atoms with Crippen LogP contribution in [0.3, 0.4) is 0 Å². The molecule has 20 heavy (non-hydrogen) atoms. The highest BCUT2D eigenvalue weighted by atomic mass is 79.9. The van der Waals surface area contributed by atoms with Gasteiger partial charge in [-0.3, -0.25) is 4.98 Å². The first-order chi connectivity index (χ1) is 9.70. The van der Waals surface area contributed by atoms with Crippen LogP contribution in [0.4, 0.5) is 0 Å². The van der Waals surface area contributed by atoms with Crippen LogP contribution in [0.25, 0.3) is 10.9 Å². The average Bonchev–Trinajstić information content (AvgIpc) is 2.86. The minimum atomic E-state index is -0.00836. The Hall–Kier alpha value is -1.65. The lowest BCUT2D eigenvalue weighted by Crippen LogP contribution is -2.18. The zero-order chi connectivity index (χ0) is 14.1. The Morgan fingerprint density at radius 3 is 2.75 bits per heavy atom. The second-order valence-corrected chi connectivity index (χ2v) is 5.58. The van der Waals surface area contributed by atoms with E-state index in [0.29, 0.717) is 0 Å². The van der Waals surface area contributed by atoms with Gasteiger partial charge in [-0.05, 0) is 53.7 Å². The van der Waals surface area contributed by atoms with Crippen LogP contribution in [0, 0.1) is 6.92 Å². The van der Waals surface area contributed by atoms with Gasteiger partial charge in [0.25, 0.3) is 0 Å². The third-order valence-corrected chi connectivity index (χ3v) is 4.04. The van der Waals surface area contributed by atoms with Crippen LogP contribution in [0.1, 0.15) is 23.1 Å². The molecular formula is C16H15BrN2O. The highest BCUT2D eigenvalue weighted by molar-refractivity contribution is 9.10. The largest absolute Gasteiger partial charge is 0.466 e. The molecule has 2 aromatic heterocycles. The normalized spacial score (nSPS) is 12.8. The van der Waals surface area contributed by atoms with Crippen molar-refractivity contribution >= 4 is 26.8 Å². The van der Waals surface area contributed by atoms with E-state index in [-0.39, 0.29) is 6.04 Å². The van der Waals surface area contributed by atoms with E-state index in [4.69, 9.17) is 4.42 Å². The molecule has 0 aliphatic carbocycles. The van der Waals surface area contributed by atoms with E-state index in [1.807, 2.05) is 38.2 Å². The predicted octanol–water partition coefficient (Wildman–Crippen LogP) is 4.21. The summed E-state index contributed by atoms with van der Waals surface area (Å²) in [6.07, 6.45) is 1.69. The molecule has 0 saturated heterocycles. The summed E-state index contributed by atoms with van der Waals surface area (Å²) in [5.41, 5.74) is 3.18. The number of rotatable bonds is 3. The Morgan fingerprint density at radius 1 is 1.25 bits per heavy atom. The molecule has 0 aliphatic rings. The number of furan rings is 1. The Morgan fingerprint density at radius 2 is 2.05 bits per heavy atom. The van der Waals surface area contributed by atoms with Crippen LogP contribution in [0.15, 0.2) is 51.6 Å². The van der Waals surface area contributed by atoms with Gasteiger partial charge in [0.1, 0.15) is 5.76 Å². The van der Waals surface area contributed by atoms with Crippen LogP contribution in [0.2, 0.25) is 0 Å². The fourth-order valence-corrected chi connectivity index (χ4v) is 2.95. The van der Waals surface area contributed by atoms with Crippen LogP contribution in [-0.2, 0) is 0 Å². The standard InChI is InChI=1S/C16H15BrN2O/c1-10-9-12(11-5-3-4-6-14(11)19-10)15(18-2)16-13(17)7-8-20-16/h3-9,15,18H,1-2H3. The average molecular weight is 331 g/mol. The molecular weight excluding hydrogens is 316 g/mol. The summed E-state index contributed by atoms with van der Waals surface area (Å²) in [6, 6.07) is 12.2. The van der Waals surface area contributed by atoms with Crippen molar-refractivity contribution in [1.29, 1.82) is 0 Å². The summed E-state index contributed by atoms with van der Waals surface area (Å²) < 4.78 is 6.60. The van der Waals surface area contributed by atoms with Crippen LogP contribution < -0.4 is 5.32 Å². The molecule has 2 heterocycles. The van der Waals surface area contributed by atoms with E-state index in [2.05, 4.69) is 38.4 Å². The number of nitrogens with one attached hydrogen (secondary N) is 1. The number of hydrogen-bond donors (Lipinski definition) is 1. The zero-order valence-electron chi connectivity index (χ0n) is 11.4. The maximum Gasteiger partial charge on any atom is 0.139 e. The fourth-order valence-electron chi connectivity index (χ4n) is 2.52. The number of pyridine rings is 1. The zero-order valence-corrected chi connectivity index (χ0v) is 12.9. The van der Waals surface area contributed by atoms with E-state index >= 15 is 0 Å². The van der Waals surface area contributed by atoms with Gasteiger partial charge in [-0.15, -0.1) is 0 Å². The maximum atomic E-state index is 5.63. The van der Waals surface area contributed by atoms with Gasteiger partial charge in [0.05, 0.1) is 22.3 Å². The van der Waals surface area contributed by atoms with Gasteiger partial charge in [-0.2, -0.15) is 0 Å². The van der Waals surface area contributed by atoms with E-state index < -0.39 is 0 Å². The molecule has 1 atom stereocenters. The van der Waals surface area contributed by atoms with E-state index in [9.17, 15) is 0 Å². The maximum absolute atomic E-state index is 5.63. The number of aryl methyl sites for hydroxylation is 1. The van der Waals surface area contributed by atoms with Crippen molar-refractivity contribution in [3.05, 3.63) is 64.2 Å². The number of para-hydroxylation sites is 1. The summed E-state index contributed by atoms with van der Waals surface area (Å²) in [4.78, 5) is 4.59. The fraction of sp³-hybridized carbons (Fsp3) is 0.188. The van der Waals surface area contributed by atoms with E-state index in [1.54, 1.807) is 6.26 Å². The van der Waals surface area contributed by atoms with Gasteiger partial charge in [0.2, 0.25) is 0 Å². The Bertz CT molecular complexity index is 751. The monoisotopic (exact) mass is 330 g/mol. The number of nitrogens with zero attached hydrogens (tertiary/aromatic N) is 1. The van der Waals surface area contributed by atoms with Crippen molar-refractivity contribution in [2.45, 2.75) is 13.0 Å². The third-order valence-electron chi connectivity index (χ3n) is 3.38. The summed E-state index contributed by atoms with van der Waals surface area (Å²) in [5.74, 6) is 0.878. The molecule has 0 spiro atoms. The van der Waals surface area contributed by atoms with E-state index in [0.717, 1.165) is 26.8 Å². The summed E-state index contributed by atoms with van der Waals surface area (Å²) in [7, 11) is 1.93. The third kappa shape index (κ3) is 2.25. The molecule has 3 rings (SSSR count). The lowest BCUT2D eigenvalue weighted by molar-refractivity contribution is 0.462. The molecule has 3 nitrogen and oxygen atoms in total. The minimum absolute atomic E-state index is 0.00836. The molecule has 1 N–H and O–H groups in total. The molecule has 1 aromatic carbocycles. The van der Waals surface area contributed by atoms with Crippen molar-refractivity contribution in [2.75, 3.05) is 7.05 Å². The Labute approximate surface area is 126 Å². The van der Waals surface area contributed by atoms with Gasteiger partial charge in [-0.1, -0.05) is 18.2 Å². The van der Waals surface area contributed by atoms with Crippen LogP contribution in [0.5, 0.6) is 0 Å². The number of benzene rings is 1. The Balaban J connectivity index is 2.24. The van der Waals surface area contributed by atoms with Crippen LogP contribution in [-0.4, -0.2) is 12.0 Å². The van der Waals surface area contributed by atoms with Gasteiger partial charge in [0.15, 0.2) is 0 Å². The van der Waals surface area contributed by atoms with Gasteiger partial charge in [0, 0.05) is 11.1 Å². The first-order valence-electron chi connectivity index (χ1n) is 6.47. The quantitative estimate of drug-likeness (QED) is 0.781. The van der Waals surface area contributed by atoms with Crippen LogP contribution >= 0.6 is 15.9 Å². The van der Waals surface area contributed by atoms with Crippen molar-refractivity contribution in [1.82, 2.24) is 10.3 Å². The highest BCUT2D eigenvalue weighted by Crippen LogP contribution is 2.33. The first-order valence-corrected chi connectivity index (χ1v) is 7.26. The van der Waals surface area contributed by atoms with Gasteiger partial charge >= 0.3 is 0 Å². The summed E-state index contributed by atoms with van der Waals surface area (Å²) in [6.45, 7) is 2.01. The highest BCUT2D eigenvalue weighted by Gasteiger charge is 2.21. The van der Waals surface area contributed by atoms with E-state index in [1.165, 1.54) is 5.56 Å². The lowest BCUT2D eigenvalue weighted by atomic mass is 9.99. The summed E-state index contributed by atoms with van der Waals surface area (Å²) >= 11 is 3.54. The van der Waals surface area contributed by atoms with Crippen molar-refractivity contribution in [2.24, 2.45) is 0 Å². The molecule has 0 aliphatic heterocycles. The number of hydrogen-bond acceptors (Lipinski definition) is 3. The SMILES string of the molecule is CNC(c1occc1Br)c1cc(C)nc2ccccc12. The van der Waals surface area contributed by atoms with Crippen molar-refractivity contribution < 1.29 is 4.42 Å². The first kappa shape index (κ1) is 13.3. The lowest BCUT2D eigenvalue weighted by Gasteiger charge is -2.17. The predicted molar refractivity (Wildman–Crippen MR) is 83.8 cm³/mol. The molecule has 4 heteroatoms. The topological polar surface area (TPSA) is 38.1 Å². The van der Waals surface area contributed by atoms with Crippen molar-refractivity contribution in [3.63, 3.8) is 0 Å². The second kappa shape index (κ2) is 5.38. The molecule has 0 radical (unpaired) electrons. The number of halogens is 1. The molecule has 0 fully saturated rings. The molecule has 102 valence electrons. The van der Waals surface area contributed by atoms with Gasteiger partial charge in [-0.25, -0.2) is 0 Å². The second-order valence-electron chi connectivity index (χ2n) is 4.72. The molecule has 0 amide bonds. The molecule has 0 bridgehead atoms.